The highest BCUT2D eigenvalue weighted by Crippen LogP contribution is 2.25. The van der Waals surface area contributed by atoms with E-state index in [0.717, 1.165) is 58.3 Å². The third-order valence-corrected chi connectivity index (χ3v) is 4.84. The molecule has 0 aliphatic carbocycles. The molecule has 0 aromatic heterocycles. The van der Waals surface area contributed by atoms with E-state index in [0.29, 0.717) is 5.92 Å². The molecule has 0 spiro atoms. The second-order valence-electron chi connectivity index (χ2n) is 8.06. The van der Waals surface area contributed by atoms with E-state index in [1.165, 1.54) is 0 Å². The Kier molecular flexibility index (Phi) is 6.30. The van der Waals surface area contributed by atoms with Crippen molar-refractivity contribution in [2.45, 2.75) is 58.5 Å². The molecule has 2 fully saturated rings. The van der Waals surface area contributed by atoms with E-state index in [1.54, 1.807) is 4.90 Å². The van der Waals surface area contributed by atoms with Crippen LogP contribution in [0, 0.1) is 11.8 Å². The highest BCUT2D eigenvalue weighted by atomic mass is 16.6. The summed E-state index contributed by atoms with van der Waals surface area (Å²) in [4.78, 5) is 28.4. The SMILES string of the molecule is C=CCC1CCCN(CC2CCN(C(=O)OC(C)(C)C)CC2)C1=O. The minimum Gasteiger partial charge on any atom is -0.444 e. The van der Waals surface area contributed by atoms with E-state index in [9.17, 15) is 9.59 Å². The fourth-order valence-electron chi connectivity index (χ4n) is 3.56. The molecule has 5 nitrogen and oxygen atoms in total. The average Bonchev–Trinajstić information content (AvgIpc) is 2.50. The molecule has 24 heavy (non-hydrogen) atoms. The summed E-state index contributed by atoms with van der Waals surface area (Å²) in [5, 5.41) is 0. The zero-order chi connectivity index (χ0) is 17.7. The lowest BCUT2D eigenvalue weighted by Crippen LogP contribution is -2.47. The molecule has 5 heteroatoms. The maximum absolute atomic E-state index is 12.5. The van der Waals surface area contributed by atoms with Crippen molar-refractivity contribution in [1.29, 1.82) is 0 Å². The van der Waals surface area contributed by atoms with Gasteiger partial charge >= 0.3 is 6.09 Å². The van der Waals surface area contributed by atoms with Gasteiger partial charge in [0.05, 0.1) is 0 Å². The molecule has 0 N–H and O–H groups in total. The largest absolute Gasteiger partial charge is 0.444 e. The molecule has 2 aliphatic rings. The standard InChI is InChI=1S/C19H32N2O3/c1-5-7-16-8-6-11-21(17(16)22)14-15-9-12-20(13-10-15)18(23)24-19(2,3)4/h5,15-16H,1,6-14H2,2-4H3. The fourth-order valence-corrected chi connectivity index (χ4v) is 3.56. The number of hydrogen-bond donors (Lipinski definition) is 0. The predicted molar refractivity (Wildman–Crippen MR) is 94.6 cm³/mol. The average molecular weight is 336 g/mol. The van der Waals surface area contributed by atoms with Gasteiger partial charge in [0.25, 0.3) is 0 Å². The number of carbonyl (C=O) groups excluding carboxylic acids is 2. The van der Waals surface area contributed by atoms with Gasteiger partial charge in [-0.25, -0.2) is 4.79 Å². The van der Waals surface area contributed by atoms with Gasteiger partial charge in [-0.05, 0) is 58.8 Å². The van der Waals surface area contributed by atoms with Crippen LogP contribution in [-0.2, 0) is 9.53 Å². The predicted octanol–water partition coefficient (Wildman–Crippen LogP) is 3.45. The van der Waals surface area contributed by atoms with Crippen molar-refractivity contribution in [3.05, 3.63) is 12.7 Å². The number of carbonyl (C=O) groups is 2. The Labute approximate surface area is 146 Å². The number of allylic oxidation sites excluding steroid dienone is 1. The Balaban J connectivity index is 1.79. The van der Waals surface area contributed by atoms with Crippen molar-refractivity contribution in [2.24, 2.45) is 11.8 Å². The molecule has 0 bridgehead atoms. The highest BCUT2D eigenvalue weighted by Gasteiger charge is 2.32. The van der Waals surface area contributed by atoms with Gasteiger partial charge in [0, 0.05) is 32.1 Å². The van der Waals surface area contributed by atoms with Crippen LogP contribution in [0.15, 0.2) is 12.7 Å². The van der Waals surface area contributed by atoms with Crippen LogP contribution in [0.5, 0.6) is 0 Å². The third kappa shape index (κ3) is 5.25. The Morgan fingerprint density at radius 2 is 1.92 bits per heavy atom. The van der Waals surface area contributed by atoms with Gasteiger partial charge in [0.2, 0.25) is 5.91 Å². The van der Waals surface area contributed by atoms with Gasteiger partial charge in [-0.15, -0.1) is 6.58 Å². The first kappa shape index (κ1) is 18.8. The molecule has 2 rings (SSSR count). The van der Waals surface area contributed by atoms with E-state index in [4.69, 9.17) is 4.74 Å². The van der Waals surface area contributed by atoms with Crippen LogP contribution >= 0.6 is 0 Å². The summed E-state index contributed by atoms with van der Waals surface area (Å²) in [5.41, 5.74) is -0.450. The van der Waals surface area contributed by atoms with Crippen molar-refractivity contribution in [2.75, 3.05) is 26.2 Å². The number of nitrogens with zero attached hydrogens (tertiary/aromatic N) is 2. The minimum absolute atomic E-state index is 0.123. The molecule has 2 amide bonds. The summed E-state index contributed by atoms with van der Waals surface area (Å²) in [6.45, 7) is 12.6. The first-order valence-corrected chi connectivity index (χ1v) is 9.18. The van der Waals surface area contributed by atoms with Crippen LogP contribution in [0.4, 0.5) is 4.79 Å². The number of amides is 2. The molecule has 2 aliphatic heterocycles. The first-order chi connectivity index (χ1) is 11.3. The first-order valence-electron chi connectivity index (χ1n) is 9.18. The zero-order valence-corrected chi connectivity index (χ0v) is 15.4. The number of likely N-dealkylation sites (tertiary alicyclic amines) is 2. The summed E-state index contributed by atoms with van der Waals surface area (Å²) in [5.74, 6) is 0.893. The molecule has 1 atom stereocenters. The molecule has 2 saturated heterocycles. The lowest BCUT2D eigenvalue weighted by molar-refractivity contribution is -0.139. The Hall–Kier alpha value is -1.52. The van der Waals surface area contributed by atoms with Gasteiger partial charge < -0.3 is 14.5 Å². The van der Waals surface area contributed by atoms with Crippen LogP contribution in [0.25, 0.3) is 0 Å². The fraction of sp³-hybridized carbons (Fsp3) is 0.789. The molecule has 0 radical (unpaired) electrons. The van der Waals surface area contributed by atoms with Crippen molar-refractivity contribution in [1.82, 2.24) is 9.80 Å². The molecule has 1 unspecified atom stereocenters. The van der Waals surface area contributed by atoms with Crippen molar-refractivity contribution in [3.63, 3.8) is 0 Å². The monoisotopic (exact) mass is 336 g/mol. The van der Waals surface area contributed by atoms with Gasteiger partial charge in [-0.2, -0.15) is 0 Å². The second-order valence-corrected chi connectivity index (χ2v) is 8.06. The van der Waals surface area contributed by atoms with Crippen LogP contribution in [-0.4, -0.2) is 53.6 Å². The summed E-state index contributed by atoms with van der Waals surface area (Å²) < 4.78 is 5.43. The van der Waals surface area contributed by atoms with E-state index in [1.807, 2.05) is 31.7 Å². The van der Waals surface area contributed by atoms with Crippen LogP contribution < -0.4 is 0 Å². The van der Waals surface area contributed by atoms with Gasteiger partial charge in [0.15, 0.2) is 0 Å². The molecule has 0 saturated carbocycles. The lowest BCUT2D eigenvalue weighted by Gasteiger charge is -2.38. The summed E-state index contributed by atoms with van der Waals surface area (Å²) in [7, 11) is 0. The maximum atomic E-state index is 12.5. The van der Waals surface area contributed by atoms with Gasteiger partial charge in [-0.3, -0.25) is 4.79 Å². The quantitative estimate of drug-likeness (QED) is 0.739. The van der Waals surface area contributed by atoms with E-state index in [2.05, 4.69) is 6.58 Å². The molecule has 0 aromatic carbocycles. The summed E-state index contributed by atoms with van der Waals surface area (Å²) >= 11 is 0. The number of ether oxygens (including phenoxy) is 1. The molecule has 0 aromatic rings. The van der Waals surface area contributed by atoms with Crippen LogP contribution in [0.1, 0.15) is 52.9 Å². The van der Waals surface area contributed by atoms with E-state index >= 15 is 0 Å². The molecular formula is C19H32N2O3. The summed E-state index contributed by atoms with van der Waals surface area (Å²) in [6, 6.07) is 0. The number of hydrogen-bond acceptors (Lipinski definition) is 3. The zero-order valence-electron chi connectivity index (χ0n) is 15.4. The normalized spacial score (nSPS) is 23.3. The molecular weight excluding hydrogens is 304 g/mol. The minimum atomic E-state index is -0.450. The number of rotatable bonds is 4. The van der Waals surface area contributed by atoms with E-state index < -0.39 is 5.60 Å². The molecule has 2 heterocycles. The smallest absolute Gasteiger partial charge is 0.410 e. The van der Waals surface area contributed by atoms with Gasteiger partial charge in [0.1, 0.15) is 5.60 Å². The van der Waals surface area contributed by atoms with Crippen molar-refractivity contribution >= 4 is 12.0 Å². The number of piperidine rings is 2. The van der Waals surface area contributed by atoms with Crippen molar-refractivity contribution < 1.29 is 14.3 Å². The van der Waals surface area contributed by atoms with E-state index in [-0.39, 0.29) is 17.9 Å². The van der Waals surface area contributed by atoms with Gasteiger partial charge in [-0.1, -0.05) is 6.08 Å². The Bertz CT molecular complexity index is 462. The lowest BCUT2D eigenvalue weighted by atomic mass is 9.91. The van der Waals surface area contributed by atoms with Crippen LogP contribution in [0.3, 0.4) is 0 Å². The highest BCUT2D eigenvalue weighted by molar-refractivity contribution is 5.79. The Morgan fingerprint density at radius 3 is 2.50 bits per heavy atom. The third-order valence-electron chi connectivity index (χ3n) is 4.84. The summed E-state index contributed by atoms with van der Waals surface area (Å²) in [6.07, 6.45) is 6.36. The van der Waals surface area contributed by atoms with Crippen LogP contribution in [0.2, 0.25) is 0 Å². The topological polar surface area (TPSA) is 49.9 Å². The van der Waals surface area contributed by atoms with Crippen molar-refractivity contribution in [3.8, 4) is 0 Å². The molecule has 136 valence electrons. The second kappa shape index (κ2) is 8.04. The Morgan fingerprint density at radius 1 is 1.25 bits per heavy atom. The maximum Gasteiger partial charge on any atom is 0.410 e.